The normalized spacial score (nSPS) is 14.4. The Hall–Kier alpha value is -2.29. The van der Waals surface area contributed by atoms with E-state index in [-0.39, 0.29) is 5.56 Å². The van der Waals surface area contributed by atoms with Crippen LogP contribution in [-0.2, 0) is 11.3 Å². The van der Waals surface area contributed by atoms with Crippen LogP contribution in [0.2, 0.25) is 0 Å². The summed E-state index contributed by atoms with van der Waals surface area (Å²) in [4.78, 5) is 19.7. The van der Waals surface area contributed by atoms with E-state index in [9.17, 15) is 4.79 Å². The van der Waals surface area contributed by atoms with Crippen LogP contribution >= 0.6 is 11.5 Å². The lowest BCUT2D eigenvalue weighted by Crippen LogP contribution is -2.37. The fraction of sp³-hybridized carbons (Fsp3) is 0.476. The fourth-order valence-electron chi connectivity index (χ4n) is 3.24. The predicted molar refractivity (Wildman–Crippen MR) is 117 cm³/mol. The van der Waals surface area contributed by atoms with Gasteiger partial charge in [-0.2, -0.15) is 4.37 Å². The highest BCUT2D eigenvalue weighted by Gasteiger charge is 2.15. The van der Waals surface area contributed by atoms with Crippen molar-refractivity contribution in [3.05, 3.63) is 40.9 Å². The van der Waals surface area contributed by atoms with E-state index in [1.165, 1.54) is 11.5 Å². The number of aryl methyl sites for hydroxylation is 1. The molecule has 1 aromatic carbocycles. The second-order valence-electron chi connectivity index (χ2n) is 6.49. The van der Waals surface area contributed by atoms with Gasteiger partial charge in [0.05, 0.1) is 26.7 Å². The van der Waals surface area contributed by atoms with E-state index in [4.69, 9.17) is 9.47 Å². The Bertz CT molecular complexity index is 962. The number of aromatic nitrogens is 3. The van der Waals surface area contributed by atoms with Gasteiger partial charge in [0.2, 0.25) is 0 Å². The zero-order chi connectivity index (χ0) is 20.6. The van der Waals surface area contributed by atoms with Crippen LogP contribution in [-0.4, -0.2) is 58.8 Å². The highest BCUT2D eigenvalue weighted by Crippen LogP contribution is 2.28. The molecular formula is C21H28N4O3S. The topological polar surface area (TPSA) is 69.5 Å². The summed E-state index contributed by atoms with van der Waals surface area (Å²) in [7, 11) is 1.64. The lowest BCUT2D eigenvalue weighted by Gasteiger charge is -2.26. The monoisotopic (exact) mass is 416 g/mol. The first-order valence-electron chi connectivity index (χ1n) is 10.1. The first kappa shape index (κ1) is 21.4. The molecule has 7 nitrogen and oxygen atoms in total. The van der Waals surface area contributed by atoms with Gasteiger partial charge in [0.25, 0.3) is 5.56 Å². The van der Waals surface area contributed by atoms with Gasteiger partial charge in [-0.15, -0.1) is 0 Å². The van der Waals surface area contributed by atoms with Crippen molar-refractivity contribution in [2.24, 2.45) is 0 Å². The average molecular weight is 417 g/mol. The summed E-state index contributed by atoms with van der Waals surface area (Å²) in [6, 6.07) is 7.63. The molecule has 1 aliphatic heterocycles. The first-order valence-corrected chi connectivity index (χ1v) is 10.8. The molecule has 0 saturated carbocycles. The number of nitrogens with zero attached hydrogens (tertiary/aromatic N) is 4. The maximum absolute atomic E-state index is 12.8. The SMILES string of the molecule is CC.COc1ccc(-c2nsc3c(=O)n(CCCN4CCOCC4)cnc23)cc1. The van der Waals surface area contributed by atoms with Crippen molar-refractivity contribution >= 4 is 21.7 Å². The minimum absolute atomic E-state index is 0.0146. The number of ether oxygens (including phenoxy) is 2. The van der Waals surface area contributed by atoms with Gasteiger partial charge < -0.3 is 9.47 Å². The Morgan fingerprint density at radius 3 is 2.55 bits per heavy atom. The van der Waals surface area contributed by atoms with Gasteiger partial charge in [-0.1, -0.05) is 13.8 Å². The molecule has 2 aromatic heterocycles. The highest BCUT2D eigenvalue weighted by molar-refractivity contribution is 7.13. The zero-order valence-corrected chi connectivity index (χ0v) is 18.1. The van der Waals surface area contributed by atoms with E-state index in [2.05, 4.69) is 14.3 Å². The Labute approximate surface area is 175 Å². The summed E-state index contributed by atoms with van der Waals surface area (Å²) in [5.41, 5.74) is 2.33. The third-order valence-electron chi connectivity index (χ3n) is 4.79. The van der Waals surface area contributed by atoms with Crippen LogP contribution in [0.4, 0.5) is 0 Å². The predicted octanol–water partition coefficient (Wildman–Crippen LogP) is 3.28. The molecule has 4 rings (SSSR count). The van der Waals surface area contributed by atoms with Crippen LogP contribution in [0.5, 0.6) is 5.75 Å². The van der Waals surface area contributed by atoms with Crippen molar-refractivity contribution in [3.8, 4) is 17.0 Å². The average Bonchev–Trinajstić information content (AvgIpc) is 3.22. The first-order chi connectivity index (χ1) is 14.3. The Morgan fingerprint density at radius 1 is 1.14 bits per heavy atom. The molecule has 1 saturated heterocycles. The molecule has 156 valence electrons. The quantitative estimate of drug-likeness (QED) is 0.614. The largest absolute Gasteiger partial charge is 0.497 e. The van der Waals surface area contributed by atoms with Gasteiger partial charge >= 0.3 is 0 Å². The number of methoxy groups -OCH3 is 1. The van der Waals surface area contributed by atoms with Crippen LogP contribution in [0.1, 0.15) is 20.3 Å². The molecule has 0 radical (unpaired) electrons. The molecule has 0 bridgehead atoms. The van der Waals surface area contributed by atoms with Crippen molar-refractivity contribution in [2.75, 3.05) is 40.0 Å². The van der Waals surface area contributed by atoms with Gasteiger partial charge in [0.15, 0.2) is 0 Å². The van der Waals surface area contributed by atoms with Crippen molar-refractivity contribution in [2.45, 2.75) is 26.8 Å². The van der Waals surface area contributed by atoms with Crippen LogP contribution in [0.3, 0.4) is 0 Å². The minimum atomic E-state index is -0.0146. The molecule has 0 amide bonds. The van der Waals surface area contributed by atoms with E-state index in [0.29, 0.717) is 16.8 Å². The van der Waals surface area contributed by atoms with Gasteiger partial charge in [-0.25, -0.2) is 4.98 Å². The fourth-order valence-corrected chi connectivity index (χ4v) is 4.05. The maximum atomic E-state index is 12.8. The summed E-state index contributed by atoms with van der Waals surface area (Å²) in [6.45, 7) is 9.14. The molecule has 3 heterocycles. The molecule has 0 aliphatic carbocycles. The van der Waals surface area contributed by atoms with Crippen LogP contribution in [0.25, 0.3) is 21.5 Å². The lowest BCUT2D eigenvalue weighted by molar-refractivity contribution is 0.0369. The molecule has 0 spiro atoms. The summed E-state index contributed by atoms with van der Waals surface area (Å²) in [5, 5.41) is 0. The van der Waals surface area contributed by atoms with E-state index in [1.54, 1.807) is 18.0 Å². The summed E-state index contributed by atoms with van der Waals surface area (Å²) < 4.78 is 17.3. The lowest BCUT2D eigenvalue weighted by atomic mass is 10.1. The molecule has 0 atom stereocenters. The number of benzene rings is 1. The van der Waals surface area contributed by atoms with Crippen molar-refractivity contribution in [1.82, 2.24) is 18.8 Å². The van der Waals surface area contributed by atoms with Gasteiger partial charge in [-0.3, -0.25) is 14.3 Å². The number of rotatable bonds is 6. The Balaban J connectivity index is 0.00000117. The number of hydrogen-bond donors (Lipinski definition) is 0. The second kappa shape index (κ2) is 10.5. The Morgan fingerprint density at radius 2 is 1.86 bits per heavy atom. The number of morpholine rings is 1. The third kappa shape index (κ3) is 5.01. The van der Waals surface area contributed by atoms with E-state index in [0.717, 1.165) is 56.3 Å². The van der Waals surface area contributed by atoms with E-state index >= 15 is 0 Å². The van der Waals surface area contributed by atoms with Crippen molar-refractivity contribution < 1.29 is 9.47 Å². The van der Waals surface area contributed by atoms with Gasteiger partial charge in [0.1, 0.15) is 21.7 Å². The molecule has 3 aromatic rings. The number of hydrogen-bond acceptors (Lipinski definition) is 7. The molecule has 8 heteroatoms. The zero-order valence-electron chi connectivity index (χ0n) is 17.3. The standard InChI is InChI=1S/C19H22N4O3S.C2H6/c1-25-15-5-3-14(4-6-15)16-17-18(27-21-16)19(24)23(13-20-17)8-2-7-22-9-11-26-12-10-22;1-2/h3-6,13H,2,7-12H2,1H3;1-2H3. The van der Waals surface area contributed by atoms with Crippen molar-refractivity contribution in [1.29, 1.82) is 0 Å². The molecule has 1 fully saturated rings. The van der Waals surface area contributed by atoms with Gasteiger partial charge in [0, 0.05) is 31.7 Å². The van der Waals surface area contributed by atoms with E-state index in [1.807, 2.05) is 38.1 Å². The summed E-state index contributed by atoms with van der Waals surface area (Å²) >= 11 is 1.22. The third-order valence-corrected chi connectivity index (χ3v) is 5.61. The van der Waals surface area contributed by atoms with Crippen LogP contribution in [0.15, 0.2) is 35.4 Å². The van der Waals surface area contributed by atoms with E-state index < -0.39 is 0 Å². The smallest absolute Gasteiger partial charge is 0.272 e. The Kier molecular flexibility index (Phi) is 7.74. The minimum Gasteiger partial charge on any atom is -0.497 e. The summed E-state index contributed by atoms with van der Waals surface area (Å²) in [5.74, 6) is 0.786. The van der Waals surface area contributed by atoms with Crippen LogP contribution < -0.4 is 10.3 Å². The molecule has 1 aliphatic rings. The maximum Gasteiger partial charge on any atom is 0.272 e. The van der Waals surface area contributed by atoms with Crippen LogP contribution in [0, 0.1) is 0 Å². The second-order valence-corrected chi connectivity index (χ2v) is 7.26. The summed E-state index contributed by atoms with van der Waals surface area (Å²) in [6.07, 6.45) is 2.56. The molecule has 0 N–H and O–H groups in total. The molecular weight excluding hydrogens is 388 g/mol. The molecule has 0 unspecified atom stereocenters. The van der Waals surface area contributed by atoms with Crippen molar-refractivity contribution in [3.63, 3.8) is 0 Å². The highest BCUT2D eigenvalue weighted by atomic mass is 32.1. The molecule has 29 heavy (non-hydrogen) atoms. The van der Waals surface area contributed by atoms with Gasteiger partial charge in [-0.05, 0) is 42.2 Å². The number of fused-ring (bicyclic) bond motifs is 1.